The van der Waals surface area contributed by atoms with E-state index in [-0.39, 0.29) is 0 Å². The van der Waals surface area contributed by atoms with Crippen molar-refractivity contribution < 1.29 is 4.74 Å². The van der Waals surface area contributed by atoms with E-state index in [9.17, 15) is 0 Å². The number of nitriles is 1. The van der Waals surface area contributed by atoms with Crippen LogP contribution < -0.4 is 4.74 Å². The first-order valence-corrected chi connectivity index (χ1v) is 6.19. The molecule has 1 aromatic rings. The second-order valence-corrected chi connectivity index (χ2v) is 4.38. The van der Waals surface area contributed by atoms with Crippen LogP contribution in [0.25, 0.3) is 0 Å². The molecule has 1 heterocycles. The summed E-state index contributed by atoms with van der Waals surface area (Å²) in [5.74, 6) is 0.894. The summed E-state index contributed by atoms with van der Waals surface area (Å²) in [6, 6.07) is 9.92. The third-order valence-electron chi connectivity index (χ3n) is 3.08. The Morgan fingerprint density at radius 2 is 1.88 bits per heavy atom. The van der Waals surface area contributed by atoms with Gasteiger partial charge in [-0.15, -0.1) is 0 Å². The first kappa shape index (κ1) is 11.9. The Morgan fingerprint density at radius 3 is 2.53 bits per heavy atom. The maximum absolute atomic E-state index is 8.56. The maximum atomic E-state index is 8.56. The zero-order valence-corrected chi connectivity index (χ0v) is 10.1. The molecule has 1 aliphatic heterocycles. The molecule has 0 bridgehead atoms. The lowest BCUT2D eigenvalue weighted by atomic mass is 10.2. The van der Waals surface area contributed by atoms with E-state index < -0.39 is 0 Å². The summed E-state index contributed by atoms with van der Waals surface area (Å²) in [4.78, 5) is 2.43. The summed E-state index contributed by atoms with van der Waals surface area (Å²) in [7, 11) is 0. The van der Waals surface area contributed by atoms with Gasteiger partial charge in [-0.3, -0.25) is 4.90 Å². The Kier molecular flexibility index (Phi) is 4.40. The van der Waals surface area contributed by atoms with Crippen LogP contribution in [0.3, 0.4) is 0 Å². The lowest BCUT2D eigenvalue weighted by Gasteiger charge is -2.14. The number of hydrogen-bond acceptors (Lipinski definition) is 3. The second kappa shape index (κ2) is 6.27. The summed E-state index contributed by atoms with van der Waals surface area (Å²) in [5.41, 5.74) is 1.04. The van der Waals surface area contributed by atoms with E-state index in [1.807, 2.05) is 24.3 Å². The molecule has 3 nitrogen and oxygen atoms in total. The van der Waals surface area contributed by atoms with Gasteiger partial charge in [0.2, 0.25) is 0 Å². The van der Waals surface area contributed by atoms with Gasteiger partial charge in [0, 0.05) is 6.54 Å². The molecule has 0 aromatic heterocycles. The maximum Gasteiger partial charge on any atom is 0.119 e. The fraction of sp³-hybridized carbons (Fsp3) is 0.500. The smallest absolute Gasteiger partial charge is 0.119 e. The molecule has 0 amide bonds. The standard InChI is InChI=1S/C14H18N2O/c15-8-7-13-3-5-14(6-4-13)17-12-11-16-9-1-2-10-16/h3-6H,1-2,7,9-12H2. The Morgan fingerprint density at radius 1 is 1.18 bits per heavy atom. The summed E-state index contributed by atoms with van der Waals surface area (Å²) in [6.45, 7) is 4.19. The van der Waals surface area contributed by atoms with Crippen molar-refractivity contribution in [1.82, 2.24) is 4.90 Å². The molecule has 0 saturated carbocycles. The van der Waals surface area contributed by atoms with Crippen LogP contribution in [-0.4, -0.2) is 31.1 Å². The van der Waals surface area contributed by atoms with Crippen LogP contribution in [0.15, 0.2) is 24.3 Å². The largest absolute Gasteiger partial charge is 0.492 e. The molecule has 2 rings (SSSR count). The first-order chi connectivity index (χ1) is 8.38. The highest BCUT2D eigenvalue weighted by Gasteiger charge is 2.10. The van der Waals surface area contributed by atoms with Crippen molar-refractivity contribution >= 4 is 0 Å². The highest BCUT2D eigenvalue weighted by molar-refractivity contribution is 5.28. The zero-order chi connectivity index (χ0) is 11.9. The van der Waals surface area contributed by atoms with Gasteiger partial charge in [0.15, 0.2) is 0 Å². The van der Waals surface area contributed by atoms with E-state index in [4.69, 9.17) is 10.00 Å². The second-order valence-electron chi connectivity index (χ2n) is 4.38. The van der Waals surface area contributed by atoms with Crippen molar-refractivity contribution in [1.29, 1.82) is 5.26 Å². The third kappa shape index (κ3) is 3.76. The topological polar surface area (TPSA) is 36.3 Å². The van der Waals surface area contributed by atoms with Gasteiger partial charge < -0.3 is 4.74 Å². The van der Waals surface area contributed by atoms with Crippen molar-refractivity contribution in [2.75, 3.05) is 26.2 Å². The molecule has 0 unspecified atom stereocenters. The van der Waals surface area contributed by atoms with Crippen molar-refractivity contribution in [3.63, 3.8) is 0 Å². The van der Waals surface area contributed by atoms with Gasteiger partial charge in [-0.1, -0.05) is 12.1 Å². The highest BCUT2D eigenvalue weighted by Crippen LogP contribution is 2.13. The van der Waals surface area contributed by atoms with E-state index in [1.165, 1.54) is 25.9 Å². The lowest BCUT2D eigenvalue weighted by molar-refractivity contribution is 0.238. The molecule has 0 spiro atoms. The molecule has 90 valence electrons. The predicted octanol–water partition coefficient (Wildman–Crippen LogP) is 2.23. The number of rotatable bonds is 5. The molecular weight excluding hydrogens is 212 g/mol. The van der Waals surface area contributed by atoms with Gasteiger partial charge in [0.25, 0.3) is 0 Å². The van der Waals surface area contributed by atoms with Crippen LogP contribution in [0.4, 0.5) is 0 Å². The zero-order valence-electron chi connectivity index (χ0n) is 10.1. The van der Waals surface area contributed by atoms with Gasteiger partial charge in [-0.25, -0.2) is 0 Å². The molecule has 1 fully saturated rings. The quantitative estimate of drug-likeness (QED) is 0.778. The van der Waals surface area contributed by atoms with Crippen LogP contribution in [0.2, 0.25) is 0 Å². The van der Waals surface area contributed by atoms with E-state index >= 15 is 0 Å². The number of hydrogen-bond donors (Lipinski definition) is 0. The molecule has 17 heavy (non-hydrogen) atoms. The minimum atomic E-state index is 0.466. The Balaban J connectivity index is 1.73. The van der Waals surface area contributed by atoms with Crippen molar-refractivity contribution in [3.05, 3.63) is 29.8 Å². The van der Waals surface area contributed by atoms with Crippen molar-refractivity contribution in [2.45, 2.75) is 19.3 Å². The van der Waals surface area contributed by atoms with Gasteiger partial charge in [0.1, 0.15) is 12.4 Å². The Bertz CT molecular complexity index is 374. The lowest BCUT2D eigenvalue weighted by Crippen LogP contribution is -2.25. The van der Waals surface area contributed by atoms with Gasteiger partial charge in [-0.2, -0.15) is 5.26 Å². The average Bonchev–Trinajstić information content (AvgIpc) is 2.85. The minimum Gasteiger partial charge on any atom is -0.492 e. The Hall–Kier alpha value is -1.53. The molecule has 0 N–H and O–H groups in total. The predicted molar refractivity (Wildman–Crippen MR) is 66.9 cm³/mol. The van der Waals surface area contributed by atoms with Gasteiger partial charge in [0.05, 0.1) is 12.5 Å². The fourth-order valence-electron chi connectivity index (χ4n) is 2.09. The number of ether oxygens (including phenoxy) is 1. The average molecular weight is 230 g/mol. The summed E-state index contributed by atoms with van der Waals surface area (Å²) in [5, 5.41) is 8.56. The van der Waals surface area contributed by atoms with Crippen LogP contribution >= 0.6 is 0 Å². The highest BCUT2D eigenvalue weighted by atomic mass is 16.5. The van der Waals surface area contributed by atoms with Crippen LogP contribution in [0, 0.1) is 11.3 Å². The molecule has 1 saturated heterocycles. The molecule has 0 aliphatic carbocycles. The molecule has 1 aliphatic rings. The van der Waals surface area contributed by atoms with Crippen LogP contribution in [-0.2, 0) is 6.42 Å². The van der Waals surface area contributed by atoms with Gasteiger partial charge in [-0.05, 0) is 43.6 Å². The number of likely N-dealkylation sites (tertiary alicyclic amines) is 1. The summed E-state index contributed by atoms with van der Waals surface area (Å²) < 4.78 is 5.68. The van der Waals surface area contributed by atoms with Crippen molar-refractivity contribution in [2.24, 2.45) is 0 Å². The molecule has 0 atom stereocenters. The van der Waals surface area contributed by atoms with Crippen molar-refractivity contribution in [3.8, 4) is 11.8 Å². The molecule has 1 aromatic carbocycles. The monoisotopic (exact) mass is 230 g/mol. The molecule has 0 radical (unpaired) electrons. The molecular formula is C14H18N2O. The number of benzene rings is 1. The molecule has 3 heteroatoms. The van der Waals surface area contributed by atoms with Crippen LogP contribution in [0.5, 0.6) is 5.75 Å². The first-order valence-electron chi connectivity index (χ1n) is 6.19. The summed E-state index contributed by atoms with van der Waals surface area (Å²) in [6.07, 6.45) is 3.11. The number of nitrogens with zero attached hydrogens (tertiary/aromatic N) is 2. The summed E-state index contributed by atoms with van der Waals surface area (Å²) >= 11 is 0. The SMILES string of the molecule is N#CCc1ccc(OCCN2CCCC2)cc1. The van der Waals surface area contributed by atoms with E-state index in [2.05, 4.69) is 11.0 Å². The minimum absolute atomic E-state index is 0.466. The third-order valence-corrected chi connectivity index (χ3v) is 3.08. The normalized spacial score (nSPS) is 15.7. The van der Waals surface area contributed by atoms with Crippen LogP contribution in [0.1, 0.15) is 18.4 Å². The Labute approximate surface area is 103 Å². The van der Waals surface area contributed by atoms with E-state index in [0.717, 1.165) is 24.5 Å². The van der Waals surface area contributed by atoms with E-state index in [0.29, 0.717) is 6.42 Å². The van der Waals surface area contributed by atoms with Gasteiger partial charge >= 0.3 is 0 Å². The van der Waals surface area contributed by atoms with E-state index in [1.54, 1.807) is 0 Å². The fourth-order valence-corrected chi connectivity index (χ4v) is 2.09.